The number of hydrogen-bond acceptors (Lipinski definition) is 4. The Balaban J connectivity index is 2.80. The van der Waals surface area contributed by atoms with Gasteiger partial charge in [-0.25, -0.2) is 9.37 Å². The molecule has 0 aliphatic rings. The van der Waals surface area contributed by atoms with Crippen molar-refractivity contribution in [1.82, 2.24) is 4.98 Å². The van der Waals surface area contributed by atoms with E-state index in [0.717, 1.165) is 5.13 Å². The lowest BCUT2D eigenvalue weighted by Crippen LogP contribution is -2.07. The molecule has 6 heteroatoms. The van der Waals surface area contributed by atoms with Crippen LogP contribution in [0.5, 0.6) is 0 Å². The third-order valence-corrected chi connectivity index (χ3v) is 3.52. The Labute approximate surface area is 95.3 Å². The molecule has 1 heterocycles. The number of anilines is 2. The van der Waals surface area contributed by atoms with Crippen LogP contribution < -0.4 is 10.6 Å². The van der Waals surface area contributed by atoms with Crippen molar-refractivity contribution in [3.05, 3.63) is 16.9 Å². The zero-order chi connectivity index (χ0) is 11.2. The normalized spacial score (nSPS) is 10.9. The van der Waals surface area contributed by atoms with E-state index < -0.39 is 5.82 Å². The highest BCUT2D eigenvalue weighted by molar-refractivity contribution is 7.22. The van der Waals surface area contributed by atoms with Crippen LogP contribution in [0.2, 0.25) is 5.02 Å². The first-order valence-electron chi connectivity index (χ1n) is 4.22. The highest BCUT2D eigenvalue weighted by atomic mass is 35.5. The Hall–Kier alpha value is -1.07. The van der Waals surface area contributed by atoms with Crippen LogP contribution in [0.25, 0.3) is 10.2 Å². The number of hydrogen-bond donors (Lipinski definition) is 1. The van der Waals surface area contributed by atoms with Crippen LogP contribution in [0.15, 0.2) is 6.07 Å². The molecule has 0 bridgehead atoms. The van der Waals surface area contributed by atoms with Crippen LogP contribution in [-0.4, -0.2) is 19.1 Å². The van der Waals surface area contributed by atoms with Crippen molar-refractivity contribution in [2.24, 2.45) is 0 Å². The Kier molecular flexibility index (Phi) is 2.44. The molecule has 0 unspecified atom stereocenters. The van der Waals surface area contributed by atoms with Gasteiger partial charge in [-0.3, -0.25) is 0 Å². The van der Waals surface area contributed by atoms with E-state index in [1.807, 2.05) is 19.0 Å². The summed E-state index contributed by atoms with van der Waals surface area (Å²) >= 11 is 7.21. The van der Waals surface area contributed by atoms with Gasteiger partial charge in [0, 0.05) is 14.1 Å². The van der Waals surface area contributed by atoms with Crippen molar-refractivity contribution >= 4 is 44.0 Å². The fourth-order valence-electron chi connectivity index (χ4n) is 1.21. The van der Waals surface area contributed by atoms with Crippen LogP contribution >= 0.6 is 22.9 Å². The summed E-state index contributed by atoms with van der Waals surface area (Å²) in [5.41, 5.74) is 6.29. The second-order valence-electron chi connectivity index (χ2n) is 3.32. The van der Waals surface area contributed by atoms with Crippen molar-refractivity contribution < 1.29 is 4.39 Å². The molecule has 2 N–H and O–H groups in total. The number of nitrogen functional groups attached to an aromatic ring is 1. The van der Waals surface area contributed by atoms with Gasteiger partial charge >= 0.3 is 0 Å². The summed E-state index contributed by atoms with van der Waals surface area (Å²) in [5.74, 6) is -0.499. The molecule has 1 aromatic heterocycles. The number of halogens is 2. The van der Waals surface area contributed by atoms with Gasteiger partial charge in [-0.05, 0) is 6.07 Å². The van der Waals surface area contributed by atoms with Gasteiger partial charge in [0.05, 0.1) is 15.4 Å². The number of nitrogens with zero attached hydrogens (tertiary/aromatic N) is 2. The monoisotopic (exact) mass is 245 g/mol. The van der Waals surface area contributed by atoms with Gasteiger partial charge in [0.2, 0.25) is 0 Å². The molecule has 0 amide bonds. The van der Waals surface area contributed by atoms with Gasteiger partial charge in [0.15, 0.2) is 5.13 Å². The minimum absolute atomic E-state index is 0.111. The van der Waals surface area contributed by atoms with E-state index in [1.165, 1.54) is 17.4 Å². The van der Waals surface area contributed by atoms with E-state index in [0.29, 0.717) is 15.2 Å². The van der Waals surface area contributed by atoms with Crippen LogP contribution in [0.4, 0.5) is 15.2 Å². The van der Waals surface area contributed by atoms with Crippen LogP contribution in [0, 0.1) is 5.82 Å². The molecule has 0 fully saturated rings. The summed E-state index contributed by atoms with van der Waals surface area (Å²) in [7, 11) is 3.72. The number of thiazole rings is 1. The summed E-state index contributed by atoms with van der Waals surface area (Å²) in [4.78, 5) is 6.11. The maximum Gasteiger partial charge on any atom is 0.186 e. The topological polar surface area (TPSA) is 42.2 Å². The highest BCUT2D eigenvalue weighted by Gasteiger charge is 2.14. The Bertz CT molecular complexity index is 524. The van der Waals surface area contributed by atoms with Crippen LogP contribution in [0.1, 0.15) is 0 Å². The van der Waals surface area contributed by atoms with Crippen LogP contribution in [0.3, 0.4) is 0 Å². The van der Waals surface area contributed by atoms with Gasteiger partial charge in [0.1, 0.15) is 11.3 Å². The molecule has 2 aromatic rings. The fraction of sp³-hybridized carbons (Fsp3) is 0.222. The largest absolute Gasteiger partial charge is 0.395 e. The number of aromatic nitrogens is 1. The lowest BCUT2D eigenvalue weighted by molar-refractivity contribution is 0.634. The third-order valence-electron chi connectivity index (χ3n) is 1.98. The Morgan fingerprint density at radius 2 is 2.20 bits per heavy atom. The van der Waals surface area contributed by atoms with Crippen molar-refractivity contribution in [3.63, 3.8) is 0 Å². The molecule has 1 aromatic carbocycles. The summed E-state index contributed by atoms with van der Waals surface area (Å²) in [6, 6.07) is 1.19. The predicted molar refractivity (Wildman–Crippen MR) is 63.3 cm³/mol. The average molecular weight is 246 g/mol. The zero-order valence-corrected chi connectivity index (χ0v) is 9.79. The summed E-state index contributed by atoms with van der Waals surface area (Å²) in [6.45, 7) is 0. The van der Waals surface area contributed by atoms with E-state index in [9.17, 15) is 4.39 Å². The average Bonchev–Trinajstić information content (AvgIpc) is 2.59. The maximum atomic E-state index is 13.3. The first kappa shape index (κ1) is 10.4. The molecule has 0 saturated heterocycles. The molecule has 0 spiro atoms. The zero-order valence-electron chi connectivity index (χ0n) is 8.21. The smallest absolute Gasteiger partial charge is 0.186 e. The number of nitrogens with two attached hydrogens (primary N) is 1. The van der Waals surface area contributed by atoms with E-state index in [-0.39, 0.29) is 5.69 Å². The third kappa shape index (κ3) is 1.61. The predicted octanol–water partition coefficient (Wildman–Crippen LogP) is 2.74. The van der Waals surface area contributed by atoms with E-state index >= 15 is 0 Å². The number of fused-ring (bicyclic) bond motifs is 1. The molecular weight excluding hydrogens is 237 g/mol. The van der Waals surface area contributed by atoms with E-state index in [4.69, 9.17) is 17.3 Å². The highest BCUT2D eigenvalue weighted by Crippen LogP contribution is 2.37. The summed E-state index contributed by atoms with van der Waals surface area (Å²) in [6.07, 6.45) is 0. The molecular formula is C9H9ClFN3S. The molecule has 0 aliphatic carbocycles. The molecule has 80 valence electrons. The minimum Gasteiger partial charge on any atom is -0.395 e. The second-order valence-corrected chi connectivity index (χ2v) is 4.71. The molecule has 3 nitrogen and oxygen atoms in total. The van der Waals surface area contributed by atoms with Gasteiger partial charge in [-0.1, -0.05) is 22.9 Å². The molecule has 0 radical (unpaired) electrons. The number of rotatable bonds is 1. The SMILES string of the molecule is CN(C)c1nc2c(Cl)cc(F)c(N)c2s1. The lowest BCUT2D eigenvalue weighted by Gasteiger charge is -2.04. The molecule has 0 aliphatic heterocycles. The first-order chi connectivity index (χ1) is 7.00. The molecule has 2 rings (SSSR count). The van der Waals surface area contributed by atoms with Gasteiger partial charge in [-0.15, -0.1) is 0 Å². The van der Waals surface area contributed by atoms with E-state index in [2.05, 4.69) is 4.98 Å². The first-order valence-corrected chi connectivity index (χ1v) is 5.41. The van der Waals surface area contributed by atoms with Crippen LogP contribution in [-0.2, 0) is 0 Å². The van der Waals surface area contributed by atoms with Gasteiger partial charge < -0.3 is 10.6 Å². The van der Waals surface area contributed by atoms with Gasteiger partial charge in [-0.2, -0.15) is 0 Å². The van der Waals surface area contributed by atoms with Crippen molar-refractivity contribution in [1.29, 1.82) is 0 Å². The maximum absolute atomic E-state index is 13.3. The summed E-state index contributed by atoms with van der Waals surface area (Å²) in [5, 5.41) is 1.05. The quantitative estimate of drug-likeness (QED) is 0.786. The molecule has 15 heavy (non-hydrogen) atoms. The van der Waals surface area contributed by atoms with Crippen molar-refractivity contribution in [3.8, 4) is 0 Å². The van der Waals surface area contributed by atoms with Gasteiger partial charge in [0.25, 0.3) is 0 Å². The van der Waals surface area contributed by atoms with Crippen molar-refractivity contribution in [2.75, 3.05) is 24.7 Å². The molecule has 0 saturated carbocycles. The Morgan fingerprint density at radius 3 is 2.80 bits per heavy atom. The lowest BCUT2D eigenvalue weighted by atomic mass is 10.3. The van der Waals surface area contributed by atoms with E-state index in [1.54, 1.807) is 0 Å². The fourth-order valence-corrected chi connectivity index (χ4v) is 2.46. The minimum atomic E-state index is -0.499. The second kappa shape index (κ2) is 3.50. The van der Waals surface area contributed by atoms with Crippen molar-refractivity contribution in [2.45, 2.75) is 0 Å². The Morgan fingerprint density at radius 1 is 1.53 bits per heavy atom. The standard InChI is InChI=1S/C9H9ClFN3S/c1-14(2)9-13-7-4(10)3-5(11)6(12)8(7)15-9/h3H,12H2,1-2H3. The summed E-state index contributed by atoms with van der Waals surface area (Å²) < 4.78 is 13.9. The molecule has 0 atom stereocenters. The number of benzene rings is 1.